The van der Waals surface area contributed by atoms with Gasteiger partial charge in [-0.1, -0.05) is 13.8 Å². The van der Waals surface area contributed by atoms with Crippen LogP contribution in [-0.4, -0.2) is 24.5 Å². The topological polar surface area (TPSA) is 75.7 Å². The van der Waals surface area contributed by atoms with Crippen molar-refractivity contribution >= 4 is 61.5 Å². The zero-order valence-electron chi connectivity index (χ0n) is 16.0. The third-order valence-corrected chi connectivity index (χ3v) is 5.26. The van der Waals surface area contributed by atoms with E-state index in [9.17, 15) is 18.8 Å². The van der Waals surface area contributed by atoms with E-state index in [-0.39, 0.29) is 11.3 Å². The zero-order chi connectivity index (χ0) is 22.0. The Balaban J connectivity index is 1.95. The third kappa shape index (κ3) is 4.79. The van der Waals surface area contributed by atoms with Crippen LogP contribution in [0.25, 0.3) is 6.08 Å². The number of urea groups is 1. The first-order chi connectivity index (χ1) is 14.2. The second kappa shape index (κ2) is 9.09. The highest BCUT2D eigenvalue weighted by molar-refractivity contribution is 9.11. The van der Waals surface area contributed by atoms with Crippen molar-refractivity contribution in [1.29, 1.82) is 0 Å². The van der Waals surface area contributed by atoms with E-state index in [1.165, 1.54) is 18.2 Å². The number of barbiturate groups is 1. The Bertz CT molecular complexity index is 1030. The largest absolute Gasteiger partial charge is 0.491 e. The molecule has 3 rings (SSSR count). The minimum absolute atomic E-state index is 0.150. The van der Waals surface area contributed by atoms with Gasteiger partial charge in [-0.25, -0.2) is 14.1 Å². The number of rotatable bonds is 5. The number of imide groups is 2. The summed E-state index contributed by atoms with van der Waals surface area (Å²) >= 11 is 6.88. The molecule has 0 unspecified atom stereocenters. The summed E-state index contributed by atoms with van der Waals surface area (Å²) in [4.78, 5) is 38.2. The van der Waals surface area contributed by atoms with Gasteiger partial charge in [-0.15, -0.1) is 0 Å². The Morgan fingerprint density at radius 3 is 2.27 bits per heavy atom. The van der Waals surface area contributed by atoms with Crippen LogP contribution in [0.4, 0.5) is 14.9 Å². The van der Waals surface area contributed by atoms with Gasteiger partial charge in [0.15, 0.2) is 0 Å². The SMILES string of the molecule is CC(C)COc1c(Br)cc(/C=C2\C(=O)NC(=O)N(c3ccc(F)cc3)C2=O)cc1Br. The summed E-state index contributed by atoms with van der Waals surface area (Å²) in [5.41, 5.74) is 0.461. The molecule has 1 aliphatic rings. The summed E-state index contributed by atoms with van der Waals surface area (Å²) in [6.07, 6.45) is 1.38. The molecule has 0 aromatic heterocycles. The lowest BCUT2D eigenvalue weighted by Crippen LogP contribution is -2.54. The lowest BCUT2D eigenvalue weighted by Gasteiger charge is -2.26. The maximum atomic E-state index is 13.2. The van der Waals surface area contributed by atoms with Gasteiger partial charge < -0.3 is 4.74 Å². The second-order valence-electron chi connectivity index (χ2n) is 6.95. The molecule has 9 heteroatoms. The van der Waals surface area contributed by atoms with Gasteiger partial charge in [-0.3, -0.25) is 14.9 Å². The van der Waals surface area contributed by atoms with Gasteiger partial charge >= 0.3 is 6.03 Å². The predicted octanol–water partition coefficient (Wildman–Crippen LogP) is 5.05. The van der Waals surface area contributed by atoms with Crippen LogP contribution in [0.2, 0.25) is 0 Å². The number of nitrogens with one attached hydrogen (secondary N) is 1. The van der Waals surface area contributed by atoms with Crippen LogP contribution in [-0.2, 0) is 9.59 Å². The Hall–Kier alpha value is -2.52. The molecule has 1 aliphatic heterocycles. The fourth-order valence-corrected chi connectivity index (χ4v) is 4.15. The molecule has 1 N–H and O–H groups in total. The predicted molar refractivity (Wildman–Crippen MR) is 118 cm³/mol. The Labute approximate surface area is 189 Å². The first-order valence-electron chi connectivity index (χ1n) is 8.96. The van der Waals surface area contributed by atoms with E-state index in [2.05, 4.69) is 37.2 Å². The number of nitrogens with zero attached hydrogens (tertiary/aromatic N) is 1. The minimum Gasteiger partial charge on any atom is -0.491 e. The van der Waals surface area contributed by atoms with Crippen LogP contribution >= 0.6 is 31.9 Å². The zero-order valence-corrected chi connectivity index (χ0v) is 19.2. The smallest absolute Gasteiger partial charge is 0.335 e. The first-order valence-corrected chi connectivity index (χ1v) is 10.5. The van der Waals surface area contributed by atoms with Crippen LogP contribution in [0.15, 0.2) is 50.9 Å². The fraction of sp³-hybridized carbons (Fsp3) is 0.190. The molecule has 4 amide bonds. The number of carbonyl (C=O) groups is 3. The van der Waals surface area contributed by atoms with Gasteiger partial charge in [-0.2, -0.15) is 0 Å². The quantitative estimate of drug-likeness (QED) is 0.426. The van der Waals surface area contributed by atoms with Crippen LogP contribution < -0.4 is 15.0 Å². The molecule has 0 aliphatic carbocycles. The highest BCUT2D eigenvalue weighted by atomic mass is 79.9. The maximum Gasteiger partial charge on any atom is 0.335 e. The molecular weight excluding hydrogens is 523 g/mol. The van der Waals surface area contributed by atoms with Crippen molar-refractivity contribution in [1.82, 2.24) is 5.32 Å². The normalized spacial score (nSPS) is 15.7. The summed E-state index contributed by atoms with van der Waals surface area (Å²) in [5, 5.41) is 2.13. The van der Waals surface area contributed by atoms with E-state index in [4.69, 9.17) is 4.74 Å². The molecule has 0 spiro atoms. The van der Waals surface area contributed by atoms with Gasteiger partial charge in [0.2, 0.25) is 0 Å². The average molecular weight is 540 g/mol. The lowest BCUT2D eigenvalue weighted by molar-refractivity contribution is -0.122. The summed E-state index contributed by atoms with van der Waals surface area (Å²) < 4.78 is 20.2. The van der Waals surface area contributed by atoms with E-state index in [1.807, 2.05) is 13.8 Å². The molecule has 0 atom stereocenters. The molecule has 2 aromatic carbocycles. The Morgan fingerprint density at radius 2 is 1.70 bits per heavy atom. The number of hydrogen-bond acceptors (Lipinski definition) is 4. The van der Waals surface area contributed by atoms with Crippen LogP contribution in [0.5, 0.6) is 5.75 Å². The van der Waals surface area contributed by atoms with Crippen molar-refractivity contribution in [3.63, 3.8) is 0 Å². The minimum atomic E-state index is -0.895. The van der Waals surface area contributed by atoms with E-state index >= 15 is 0 Å². The van der Waals surface area contributed by atoms with Gasteiger partial charge in [0.25, 0.3) is 11.8 Å². The molecule has 1 heterocycles. The van der Waals surface area contributed by atoms with E-state index in [0.29, 0.717) is 32.8 Å². The van der Waals surface area contributed by atoms with Gasteiger partial charge in [0.1, 0.15) is 17.1 Å². The molecule has 0 radical (unpaired) electrons. The number of benzene rings is 2. The molecule has 1 saturated heterocycles. The fourth-order valence-electron chi connectivity index (χ4n) is 2.70. The molecule has 1 fully saturated rings. The van der Waals surface area contributed by atoms with Gasteiger partial charge in [0, 0.05) is 0 Å². The second-order valence-corrected chi connectivity index (χ2v) is 8.66. The highest BCUT2D eigenvalue weighted by Crippen LogP contribution is 2.36. The number of anilines is 1. The summed E-state index contributed by atoms with van der Waals surface area (Å²) in [7, 11) is 0. The third-order valence-electron chi connectivity index (χ3n) is 4.08. The van der Waals surface area contributed by atoms with Crippen LogP contribution in [0.3, 0.4) is 0 Å². The van der Waals surface area contributed by atoms with E-state index < -0.39 is 23.7 Å². The Morgan fingerprint density at radius 1 is 1.10 bits per heavy atom. The Kier molecular flexibility index (Phi) is 6.72. The van der Waals surface area contributed by atoms with Gasteiger partial charge in [-0.05, 0) is 85.8 Å². The van der Waals surface area contributed by atoms with Crippen molar-refractivity contribution < 1.29 is 23.5 Å². The number of amides is 4. The monoisotopic (exact) mass is 538 g/mol. The standard InChI is InChI=1S/C21H17Br2FN2O4/c1-11(2)10-30-18-16(22)8-12(9-17(18)23)7-15-19(27)25-21(29)26(20(15)28)14-5-3-13(24)4-6-14/h3-9,11H,10H2,1-2H3,(H,25,27,29)/b15-7+. The summed E-state index contributed by atoms with van der Waals surface area (Å²) in [5.74, 6) is -1.18. The maximum absolute atomic E-state index is 13.2. The molecule has 2 aromatic rings. The average Bonchev–Trinajstić information content (AvgIpc) is 2.65. The van der Waals surface area contributed by atoms with E-state index in [0.717, 1.165) is 17.0 Å². The molecular formula is C21H17Br2FN2O4. The van der Waals surface area contributed by atoms with Crippen molar-refractivity contribution in [2.75, 3.05) is 11.5 Å². The summed E-state index contributed by atoms with van der Waals surface area (Å²) in [6, 6.07) is 7.33. The summed E-state index contributed by atoms with van der Waals surface area (Å²) in [6.45, 7) is 4.58. The lowest BCUT2D eigenvalue weighted by atomic mass is 10.1. The molecule has 30 heavy (non-hydrogen) atoms. The van der Waals surface area contributed by atoms with Crippen molar-refractivity contribution in [3.05, 3.63) is 62.3 Å². The molecule has 0 bridgehead atoms. The molecule has 6 nitrogen and oxygen atoms in total. The number of ether oxygens (including phenoxy) is 1. The van der Waals surface area contributed by atoms with Crippen molar-refractivity contribution in [2.24, 2.45) is 5.92 Å². The van der Waals surface area contributed by atoms with Crippen molar-refractivity contribution in [2.45, 2.75) is 13.8 Å². The number of carbonyl (C=O) groups excluding carboxylic acids is 3. The molecule has 0 saturated carbocycles. The highest BCUT2D eigenvalue weighted by Gasteiger charge is 2.36. The van der Waals surface area contributed by atoms with Crippen LogP contribution in [0, 0.1) is 11.7 Å². The van der Waals surface area contributed by atoms with E-state index in [1.54, 1.807) is 12.1 Å². The first kappa shape index (κ1) is 22.2. The van der Waals surface area contributed by atoms with Gasteiger partial charge in [0.05, 0.1) is 21.2 Å². The number of hydrogen-bond donors (Lipinski definition) is 1. The molecule has 156 valence electrons. The van der Waals surface area contributed by atoms with Crippen molar-refractivity contribution in [3.8, 4) is 5.75 Å². The van der Waals surface area contributed by atoms with Crippen LogP contribution in [0.1, 0.15) is 19.4 Å². The number of halogens is 3.